The van der Waals surface area contributed by atoms with Gasteiger partial charge in [0.25, 0.3) is 0 Å². The van der Waals surface area contributed by atoms with E-state index in [1.807, 2.05) is 36.5 Å². The number of para-hydroxylation sites is 2. The van der Waals surface area contributed by atoms with E-state index in [-0.39, 0.29) is 0 Å². The summed E-state index contributed by atoms with van der Waals surface area (Å²) in [7, 11) is 0. The molecule has 0 radical (unpaired) electrons. The van der Waals surface area contributed by atoms with Crippen LogP contribution >= 0.6 is 0 Å². The molecule has 0 unspecified atom stereocenters. The van der Waals surface area contributed by atoms with Gasteiger partial charge in [-0.25, -0.2) is 0 Å². The summed E-state index contributed by atoms with van der Waals surface area (Å²) < 4.78 is 4.56. The van der Waals surface area contributed by atoms with Crippen molar-refractivity contribution < 1.29 is 0 Å². The van der Waals surface area contributed by atoms with Crippen molar-refractivity contribution in [1.29, 1.82) is 0 Å². The molecule has 0 fully saturated rings. The van der Waals surface area contributed by atoms with Gasteiger partial charge in [0.05, 0.1) is 39.8 Å². The van der Waals surface area contributed by atoms with Gasteiger partial charge in [0.2, 0.25) is 0 Å². The molecule has 3 aromatic carbocycles. The molecule has 0 spiro atoms. The molecule has 4 nitrogen and oxygen atoms in total. The highest BCUT2D eigenvalue weighted by Crippen LogP contribution is 2.37. The highest BCUT2D eigenvalue weighted by atomic mass is 15.0. The number of nitrogens with zero attached hydrogens (tertiary/aromatic N) is 4. The van der Waals surface area contributed by atoms with Crippen LogP contribution in [0.3, 0.4) is 0 Å². The first kappa shape index (κ1) is 18.8. The topological polar surface area (TPSA) is 35.6 Å². The fourth-order valence-electron chi connectivity index (χ4n) is 4.96. The van der Waals surface area contributed by atoms with Crippen LogP contribution in [-0.4, -0.2) is 19.1 Å². The van der Waals surface area contributed by atoms with Crippen molar-refractivity contribution in [2.24, 2.45) is 0 Å². The Hall–Kier alpha value is -4.70. The lowest BCUT2D eigenvalue weighted by molar-refractivity contribution is 1.12. The third kappa shape index (κ3) is 2.79. The Morgan fingerprint density at radius 2 is 1.26 bits per heavy atom. The van der Waals surface area contributed by atoms with Gasteiger partial charge in [-0.3, -0.25) is 9.97 Å². The standard InChI is InChI=1S/C30H20N4/c1-2-8-21(9-3-1)33-19-17-24-27(33)15-16-29-30(24)23-10-4-5-12-28(23)34(29)22-13-14-26(32-20-22)25-11-6-7-18-31-25/h1-20H. The fraction of sp³-hybridized carbons (Fsp3) is 0. The minimum absolute atomic E-state index is 0.868. The fourth-order valence-corrected chi connectivity index (χ4v) is 4.96. The maximum atomic E-state index is 4.74. The van der Waals surface area contributed by atoms with E-state index in [0.717, 1.165) is 22.8 Å². The van der Waals surface area contributed by atoms with Gasteiger partial charge < -0.3 is 9.13 Å². The van der Waals surface area contributed by atoms with Crippen molar-refractivity contribution in [2.45, 2.75) is 0 Å². The van der Waals surface area contributed by atoms with E-state index in [1.165, 1.54) is 32.7 Å². The average molecular weight is 437 g/mol. The molecule has 7 rings (SSSR count). The average Bonchev–Trinajstić information content (AvgIpc) is 3.49. The Morgan fingerprint density at radius 1 is 0.500 bits per heavy atom. The van der Waals surface area contributed by atoms with Crippen LogP contribution in [0.2, 0.25) is 0 Å². The molecular weight excluding hydrogens is 416 g/mol. The number of rotatable bonds is 3. The quantitative estimate of drug-likeness (QED) is 0.294. The minimum Gasteiger partial charge on any atom is -0.317 e. The summed E-state index contributed by atoms with van der Waals surface area (Å²) in [4.78, 5) is 9.17. The van der Waals surface area contributed by atoms with Crippen molar-refractivity contribution in [3.63, 3.8) is 0 Å². The smallest absolute Gasteiger partial charge is 0.0887 e. The second kappa shape index (κ2) is 7.42. The molecule has 4 heterocycles. The van der Waals surface area contributed by atoms with Crippen molar-refractivity contribution in [3.05, 3.63) is 122 Å². The summed E-state index contributed by atoms with van der Waals surface area (Å²) >= 11 is 0. The van der Waals surface area contributed by atoms with E-state index in [2.05, 4.69) is 93.1 Å². The Kier molecular flexibility index (Phi) is 4.11. The Bertz CT molecular complexity index is 1780. The van der Waals surface area contributed by atoms with E-state index >= 15 is 0 Å². The molecule has 7 aromatic rings. The molecule has 0 saturated heterocycles. The number of aromatic nitrogens is 4. The van der Waals surface area contributed by atoms with Crippen LogP contribution in [0.5, 0.6) is 0 Å². The zero-order valence-electron chi connectivity index (χ0n) is 18.3. The molecular formula is C30H20N4. The summed E-state index contributed by atoms with van der Waals surface area (Å²) in [6.45, 7) is 0. The predicted molar refractivity (Wildman–Crippen MR) is 139 cm³/mol. The van der Waals surface area contributed by atoms with Crippen molar-refractivity contribution in [3.8, 4) is 22.8 Å². The van der Waals surface area contributed by atoms with Crippen LogP contribution in [0.4, 0.5) is 0 Å². The van der Waals surface area contributed by atoms with Gasteiger partial charge in [-0.15, -0.1) is 0 Å². The SMILES string of the molecule is c1ccc(-n2ccc3c4c5ccccc5n(-c5ccc(-c6ccccn6)nc5)c4ccc32)cc1. The Morgan fingerprint density at radius 3 is 2.09 bits per heavy atom. The normalized spacial score (nSPS) is 11.5. The molecule has 160 valence electrons. The van der Waals surface area contributed by atoms with Gasteiger partial charge in [-0.1, -0.05) is 42.5 Å². The summed E-state index contributed by atoms with van der Waals surface area (Å²) in [5.41, 5.74) is 7.48. The highest BCUT2D eigenvalue weighted by Gasteiger charge is 2.16. The van der Waals surface area contributed by atoms with Crippen LogP contribution in [0, 0.1) is 0 Å². The Balaban J connectivity index is 1.47. The summed E-state index contributed by atoms with van der Waals surface area (Å²) in [5, 5.41) is 3.74. The van der Waals surface area contributed by atoms with E-state index in [9.17, 15) is 0 Å². The number of fused-ring (bicyclic) bond motifs is 5. The molecule has 0 aliphatic rings. The molecule has 0 aliphatic heterocycles. The zero-order chi connectivity index (χ0) is 22.5. The first-order chi connectivity index (χ1) is 16.9. The first-order valence-electron chi connectivity index (χ1n) is 11.3. The van der Waals surface area contributed by atoms with Crippen LogP contribution in [0.25, 0.3) is 55.5 Å². The van der Waals surface area contributed by atoms with E-state index in [0.29, 0.717) is 0 Å². The summed E-state index contributed by atoms with van der Waals surface area (Å²) in [6, 6.07) is 35.8. The molecule has 34 heavy (non-hydrogen) atoms. The molecule has 4 heteroatoms. The van der Waals surface area contributed by atoms with Crippen molar-refractivity contribution in [1.82, 2.24) is 19.1 Å². The summed E-state index contributed by atoms with van der Waals surface area (Å²) in [6.07, 6.45) is 5.90. The first-order valence-corrected chi connectivity index (χ1v) is 11.3. The third-order valence-corrected chi connectivity index (χ3v) is 6.47. The molecule has 0 bridgehead atoms. The van der Waals surface area contributed by atoms with Crippen molar-refractivity contribution >= 4 is 32.7 Å². The second-order valence-electron chi connectivity index (χ2n) is 8.38. The van der Waals surface area contributed by atoms with Crippen LogP contribution in [0.15, 0.2) is 122 Å². The van der Waals surface area contributed by atoms with E-state index in [4.69, 9.17) is 4.98 Å². The second-order valence-corrected chi connectivity index (χ2v) is 8.38. The van der Waals surface area contributed by atoms with Gasteiger partial charge in [0, 0.05) is 34.2 Å². The third-order valence-electron chi connectivity index (χ3n) is 6.47. The van der Waals surface area contributed by atoms with Crippen LogP contribution < -0.4 is 0 Å². The molecule has 0 aliphatic carbocycles. The number of benzene rings is 3. The minimum atomic E-state index is 0.868. The monoisotopic (exact) mass is 436 g/mol. The maximum Gasteiger partial charge on any atom is 0.0887 e. The maximum absolute atomic E-state index is 4.74. The van der Waals surface area contributed by atoms with Crippen molar-refractivity contribution in [2.75, 3.05) is 0 Å². The molecule has 4 aromatic heterocycles. The lowest BCUT2D eigenvalue weighted by atomic mass is 10.1. The number of pyridine rings is 2. The Labute approximate surface area is 196 Å². The lowest BCUT2D eigenvalue weighted by Gasteiger charge is -2.09. The molecule has 0 saturated carbocycles. The van der Waals surface area contributed by atoms with Gasteiger partial charge in [-0.05, 0) is 60.7 Å². The largest absolute Gasteiger partial charge is 0.317 e. The number of hydrogen-bond donors (Lipinski definition) is 0. The number of hydrogen-bond acceptors (Lipinski definition) is 2. The predicted octanol–water partition coefficient (Wildman–Crippen LogP) is 7.18. The van der Waals surface area contributed by atoms with Crippen LogP contribution in [-0.2, 0) is 0 Å². The van der Waals surface area contributed by atoms with Gasteiger partial charge in [0.1, 0.15) is 0 Å². The molecule has 0 N–H and O–H groups in total. The van der Waals surface area contributed by atoms with Gasteiger partial charge in [0.15, 0.2) is 0 Å². The van der Waals surface area contributed by atoms with Gasteiger partial charge >= 0.3 is 0 Å². The van der Waals surface area contributed by atoms with Crippen LogP contribution in [0.1, 0.15) is 0 Å². The van der Waals surface area contributed by atoms with E-state index in [1.54, 1.807) is 6.20 Å². The highest BCUT2D eigenvalue weighted by molar-refractivity contribution is 6.21. The molecule has 0 atom stereocenters. The van der Waals surface area contributed by atoms with E-state index < -0.39 is 0 Å². The van der Waals surface area contributed by atoms with Gasteiger partial charge in [-0.2, -0.15) is 0 Å². The zero-order valence-corrected chi connectivity index (χ0v) is 18.3. The molecule has 0 amide bonds. The lowest BCUT2D eigenvalue weighted by Crippen LogP contribution is -1.96. The summed E-state index contributed by atoms with van der Waals surface area (Å²) in [5.74, 6) is 0.